The summed E-state index contributed by atoms with van der Waals surface area (Å²) in [6.45, 7) is 7.38. The van der Waals surface area contributed by atoms with Gasteiger partial charge in [0.05, 0.1) is 13.7 Å². The summed E-state index contributed by atoms with van der Waals surface area (Å²) < 4.78 is 11.4. The molecule has 0 spiro atoms. The van der Waals surface area contributed by atoms with Gasteiger partial charge in [-0.05, 0) is 49.8 Å². The van der Waals surface area contributed by atoms with Crippen molar-refractivity contribution in [3.63, 3.8) is 0 Å². The van der Waals surface area contributed by atoms with Gasteiger partial charge in [0.15, 0.2) is 5.96 Å². The van der Waals surface area contributed by atoms with E-state index in [1.165, 1.54) is 21.6 Å². The van der Waals surface area contributed by atoms with Gasteiger partial charge in [-0.25, -0.2) is 0 Å². The van der Waals surface area contributed by atoms with Gasteiger partial charge >= 0.3 is 0 Å². The fraction of sp³-hybridized carbons (Fsp3) is 0.500. The molecule has 2 aromatic rings. The molecule has 1 fully saturated rings. The molecular formula is C22H32IN3O2S. The first-order valence-electron chi connectivity index (χ1n) is 9.78. The van der Waals surface area contributed by atoms with Crippen LogP contribution >= 0.6 is 35.3 Å². The molecule has 1 saturated heterocycles. The van der Waals surface area contributed by atoms with Gasteiger partial charge in [-0.15, -0.1) is 35.3 Å². The predicted octanol–water partition coefficient (Wildman–Crippen LogP) is 4.40. The third-order valence-electron chi connectivity index (χ3n) is 5.58. The molecule has 0 radical (unpaired) electrons. The van der Waals surface area contributed by atoms with Crippen molar-refractivity contribution in [2.24, 2.45) is 4.99 Å². The lowest BCUT2D eigenvalue weighted by Crippen LogP contribution is -2.48. The topological polar surface area (TPSA) is 54.9 Å². The van der Waals surface area contributed by atoms with E-state index in [1.54, 1.807) is 18.4 Å². The molecule has 3 rings (SSSR count). The predicted molar refractivity (Wildman–Crippen MR) is 132 cm³/mol. The molecule has 0 saturated carbocycles. The number of hydrogen-bond donors (Lipinski definition) is 2. The van der Waals surface area contributed by atoms with Crippen LogP contribution < -0.4 is 15.4 Å². The van der Waals surface area contributed by atoms with E-state index in [0.717, 1.165) is 50.9 Å². The highest BCUT2D eigenvalue weighted by Crippen LogP contribution is 2.40. The Morgan fingerprint density at radius 3 is 2.59 bits per heavy atom. The highest BCUT2D eigenvalue weighted by Gasteiger charge is 2.37. The maximum atomic E-state index is 5.71. The van der Waals surface area contributed by atoms with Crippen molar-refractivity contribution in [2.75, 3.05) is 33.9 Å². The van der Waals surface area contributed by atoms with Crippen molar-refractivity contribution in [3.8, 4) is 5.75 Å². The Labute approximate surface area is 195 Å². The van der Waals surface area contributed by atoms with Crippen LogP contribution in [0.15, 0.2) is 34.6 Å². The van der Waals surface area contributed by atoms with E-state index in [9.17, 15) is 0 Å². The van der Waals surface area contributed by atoms with Crippen LogP contribution in [0.2, 0.25) is 0 Å². The summed E-state index contributed by atoms with van der Waals surface area (Å²) in [5.74, 6) is 1.77. The van der Waals surface area contributed by atoms with Crippen molar-refractivity contribution in [1.82, 2.24) is 10.6 Å². The number of methoxy groups -OCH3 is 1. The van der Waals surface area contributed by atoms with E-state index in [4.69, 9.17) is 9.47 Å². The zero-order valence-corrected chi connectivity index (χ0v) is 20.9. The summed E-state index contributed by atoms with van der Waals surface area (Å²) >= 11 is 1.77. The number of halogens is 1. The van der Waals surface area contributed by atoms with Crippen molar-refractivity contribution in [1.29, 1.82) is 0 Å². The molecular weight excluding hydrogens is 497 g/mol. The number of ether oxygens (including phenoxy) is 2. The van der Waals surface area contributed by atoms with Crippen molar-refractivity contribution in [2.45, 2.75) is 38.6 Å². The van der Waals surface area contributed by atoms with E-state index in [-0.39, 0.29) is 29.4 Å². The number of nitrogens with one attached hydrogen (secondary N) is 2. The van der Waals surface area contributed by atoms with Gasteiger partial charge in [-0.3, -0.25) is 4.99 Å². The highest BCUT2D eigenvalue weighted by molar-refractivity contribution is 14.0. The number of aryl methyl sites for hydroxylation is 2. The average Bonchev–Trinajstić information content (AvgIpc) is 3.13. The summed E-state index contributed by atoms with van der Waals surface area (Å²) in [5, 5.41) is 9.14. The molecule has 1 aromatic carbocycles. The van der Waals surface area contributed by atoms with Gasteiger partial charge in [-0.2, -0.15) is 0 Å². The molecule has 2 heterocycles. The number of hydrogen-bond acceptors (Lipinski definition) is 4. The second kappa shape index (κ2) is 11.2. The first kappa shape index (κ1) is 24.0. The van der Waals surface area contributed by atoms with E-state index in [2.05, 4.69) is 59.1 Å². The lowest BCUT2D eigenvalue weighted by atomic mass is 9.73. The van der Waals surface area contributed by atoms with Crippen LogP contribution in [-0.2, 0) is 16.7 Å². The summed E-state index contributed by atoms with van der Waals surface area (Å²) in [7, 11) is 3.57. The number of benzene rings is 1. The molecule has 160 valence electrons. The second-order valence-corrected chi connectivity index (χ2v) is 8.40. The summed E-state index contributed by atoms with van der Waals surface area (Å²) in [4.78, 5) is 5.76. The minimum absolute atomic E-state index is 0. The summed E-state index contributed by atoms with van der Waals surface area (Å²) in [5.41, 5.74) is 3.79. The third kappa shape index (κ3) is 5.86. The van der Waals surface area contributed by atoms with Crippen LogP contribution in [0.3, 0.4) is 0 Å². The fourth-order valence-electron chi connectivity index (χ4n) is 3.76. The zero-order chi connectivity index (χ0) is 20.0. The molecule has 29 heavy (non-hydrogen) atoms. The van der Waals surface area contributed by atoms with Crippen LogP contribution in [0.1, 0.15) is 34.4 Å². The zero-order valence-electron chi connectivity index (χ0n) is 17.7. The molecule has 0 aliphatic carbocycles. The van der Waals surface area contributed by atoms with Crippen molar-refractivity contribution < 1.29 is 9.47 Å². The standard InChI is InChI=1S/C22H31N3O2S.HI/c1-16-5-6-19(26-4)18(13-16)22(8-10-27-11-9-22)15-25-21(23-3)24-14-20-17(2)7-12-28-20;/h5-7,12-13H,8-11,14-15H2,1-4H3,(H2,23,24,25);1H. The van der Waals surface area contributed by atoms with E-state index < -0.39 is 0 Å². The van der Waals surface area contributed by atoms with Crippen molar-refractivity contribution >= 4 is 41.3 Å². The minimum atomic E-state index is -0.0356. The number of thiophene rings is 1. The molecule has 0 amide bonds. The molecule has 0 unspecified atom stereocenters. The largest absolute Gasteiger partial charge is 0.496 e. The van der Waals surface area contributed by atoms with E-state index in [0.29, 0.717) is 0 Å². The lowest BCUT2D eigenvalue weighted by Gasteiger charge is -2.39. The van der Waals surface area contributed by atoms with Gasteiger partial charge in [-0.1, -0.05) is 17.7 Å². The quantitative estimate of drug-likeness (QED) is 0.331. The van der Waals surface area contributed by atoms with Crippen LogP contribution in [0.25, 0.3) is 0 Å². The molecule has 1 aliphatic rings. The van der Waals surface area contributed by atoms with Crippen LogP contribution in [0.5, 0.6) is 5.75 Å². The maximum Gasteiger partial charge on any atom is 0.191 e. The number of nitrogens with zero attached hydrogens (tertiary/aromatic N) is 1. The second-order valence-electron chi connectivity index (χ2n) is 7.40. The summed E-state index contributed by atoms with van der Waals surface area (Å²) in [6, 6.07) is 8.59. The number of rotatable bonds is 6. The minimum Gasteiger partial charge on any atom is -0.496 e. The molecule has 7 heteroatoms. The Hall–Kier alpha value is -1.32. The highest BCUT2D eigenvalue weighted by atomic mass is 127. The number of guanidine groups is 1. The Morgan fingerprint density at radius 1 is 1.21 bits per heavy atom. The first-order chi connectivity index (χ1) is 13.6. The van der Waals surface area contributed by atoms with Crippen LogP contribution in [0, 0.1) is 13.8 Å². The summed E-state index contributed by atoms with van der Waals surface area (Å²) in [6.07, 6.45) is 1.92. The Morgan fingerprint density at radius 2 is 1.97 bits per heavy atom. The van der Waals surface area contributed by atoms with Gasteiger partial charge < -0.3 is 20.1 Å². The van der Waals surface area contributed by atoms with Gasteiger partial charge in [0.25, 0.3) is 0 Å². The smallest absolute Gasteiger partial charge is 0.191 e. The SMILES string of the molecule is CN=C(NCc1sccc1C)NCC1(c2cc(C)ccc2OC)CCOCC1.I. The normalized spacial score (nSPS) is 16.1. The van der Waals surface area contributed by atoms with E-state index in [1.807, 2.05) is 7.05 Å². The van der Waals surface area contributed by atoms with Crippen LogP contribution in [-0.4, -0.2) is 39.9 Å². The average molecular weight is 529 g/mol. The maximum absolute atomic E-state index is 5.71. The van der Waals surface area contributed by atoms with Crippen molar-refractivity contribution in [3.05, 3.63) is 51.2 Å². The van der Waals surface area contributed by atoms with Gasteiger partial charge in [0.1, 0.15) is 5.75 Å². The lowest BCUT2D eigenvalue weighted by molar-refractivity contribution is 0.0505. The molecule has 2 N–H and O–H groups in total. The van der Waals surface area contributed by atoms with Crippen LogP contribution in [0.4, 0.5) is 0 Å². The first-order valence-corrected chi connectivity index (χ1v) is 10.7. The third-order valence-corrected chi connectivity index (χ3v) is 6.60. The van der Waals surface area contributed by atoms with E-state index >= 15 is 0 Å². The number of aliphatic imine (C=N–C) groups is 1. The molecule has 1 aromatic heterocycles. The molecule has 0 bridgehead atoms. The Kier molecular flexibility index (Phi) is 9.23. The molecule has 1 aliphatic heterocycles. The monoisotopic (exact) mass is 529 g/mol. The Balaban J connectivity index is 0.00000300. The van der Waals surface area contributed by atoms with Gasteiger partial charge in [0.2, 0.25) is 0 Å². The fourth-order valence-corrected chi connectivity index (χ4v) is 4.61. The Bertz CT molecular complexity index is 816. The molecule has 0 atom stereocenters. The molecule has 5 nitrogen and oxygen atoms in total. The van der Waals surface area contributed by atoms with Gasteiger partial charge in [0, 0.05) is 42.7 Å².